The number of benzene rings is 2. The number of carbonyl (C=O) groups is 20. The highest BCUT2D eigenvalue weighted by Crippen LogP contribution is 2.22. The summed E-state index contributed by atoms with van der Waals surface area (Å²) in [6.07, 6.45) is -2.31. The number of aliphatic carboxylic acids is 4. The van der Waals surface area contributed by atoms with Gasteiger partial charge in [0.15, 0.2) is 5.78 Å². The van der Waals surface area contributed by atoms with E-state index in [4.69, 9.17) is 21.9 Å². The summed E-state index contributed by atoms with van der Waals surface area (Å²) < 4.78 is 5.74. The number of cyclic esters (lactones) is 1. The highest BCUT2D eigenvalue weighted by atomic mass is 16.5. The van der Waals surface area contributed by atoms with Crippen LogP contribution in [0.3, 0.4) is 0 Å². The number of ketones is 1. The Morgan fingerprint density at radius 1 is 0.586 bits per heavy atom. The molecule has 43 heteroatoms. The van der Waals surface area contributed by atoms with E-state index in [1.807, 2.05) is 16.0 Å². The maximum absolute atomic E-state index is 15.1. The first-order valence-electron chi connectivity index (χ1n) is 37.2. The van der Waals surface area contributed by atoms with Crippen molar-refractivity contribution in [3.63, 3.8) is 0 Å². The van der Waals surface area contributed by atoms with Crippen molar-refractivity contribution < 1.29 is 126 Å². The molecule has 1 aromatic heterocycles. The SMILES string of the molecule is CCCCCCCCCC(=O)N[C@@H](Cc1c[nH]c2ccccc12)C(=O)N[C@H](CC(N)=O)C(=O)N[C@@H](CC(=O)O)C(=O)N[C@@H]1C(=O)N(C)CC(=O)N[C@@H](CCCN)C(=O)N[C@@H](CC(=O)O)C(=O)N[C@H](C)C(=O)N[C@@H](CC(=O)O)C(=O)NCC(=O)N[C@H](CO)C(=O)N[C@@H](C(C)CC(=O)O)C(=O)N[C@@H](CC(=O)c2ccccc2N)C(=O)O[C@@H]1C. The van der Waals surface area contributed by atoms with Gasteiger partial charge in [-0.05, 0) is 69.3 Å². The lowest BCUT2D eigenvalue weighted by Gasteiger charge is -2.31. The Hall–Kier alpha value is -12.7. The molecule has 0 saturated carbocycles. The average molecular weight is 1630 g/mol. The van der Waals surface area contributed by atoms with Crippen molar-refractivity contribution in [1.82, 2.24) is 73.7 Å². The number of carbonyl (C=O) groups excluding carboxylic acids is 16. The number of aromatic nitrogens is 1. The van der Waals surface area contributed by atoms with E-state index in [1.165, 1.54) is 24.3 Å². The number of aliphatic hydroxyl groups excluding tert-OH is 1. The summed E-state index contributed by atoms with van der Waals surface area (Å²) in [6, 6.07) is -10.5. The molecule has 24 N–H and O–H groups in total. The van der Waals surface area contributed by atoms with E-state index >= 15 is 4.79 Å². The van der Waals surface area contributed by atoms with Crippen molar-refractivity contribution in [2.75, 3.05) is 39.0 Å². The zero-order chi connectivity index (χ0) is 86.6. The van der Waals surface area contributed by atoms with E-state index in [2.05, 4.69) is 59.8 Å². The predicted octanol–water partition coefficient (Wildman–Crippen LogP) is -5.28. The number of ether oxygens (including phenoxy) is 1. The minimum Gasteiger partial charge on any atom is -0.481 e. The van der Waals surface area contributed by atoms with Crippen molar-refractivity contribution in [3.05, 3.63) is 65.9 Å². The Balaban J connectivity index is 1.90. The topological polar surface area (TPSA) is 693 Å². The zero-order valence-electron chi connectivity index (χ0n) is 64.5. The smallest absolute Gasteiger partial charge is 0.329 e. The molecule has 4 rings (SSSR count). The number of rotatable bonds is 35. The molecule has 0 bridgehead atoms. The van der Waals surface area contributed by atoms with Crippen molar-refractivity contribution in [3.8, 4) is 0 Å². The van der Waals surface area contributed by atoms with Crippen molar-refractivity contribution in [2.24, 2.45) is 17.4 Å². The number of likely N-dealkylation sites (N-methyl/N-ethyl adjacent to an activating group) is 1. The number of hydrogen-bond acceptors (Lipinski definition) is 24. The monoisotopic (exact) mass is 1630 g/mol. The molecule has 1 saturated heterocycles. The summed E-state index contributed by atoms with van der Waals surface area (Å²) >= 11 is 0. The van der Waals surface area contributed by atoms with Crippen LogP contribution in [0.2, 0.25) is 0 Å². The summed E-state index contributed by atoms with van der Waals surface area (Å²) in [6.45, 7) is 1.21. The number of aromatic amines is 1. The fraction of sp³-hybridized carbons (Fsp3) is 0.534. The molecular formula is C73H103N17O26. The molecule has 1 fully saturated rings. The number of esters is 1. The molecule has 0 radical (unpaired) electrons. The number of unbranched alkanes of at least 4 members (excludes halogenated alkanes) is 6. The highest BCUT2D eigenvalue weighted by molar-refractivity contribution is 6.05. The number of carboxylic acid groups (broad SMARTS) is 4. The molecule has 43 nitrogen and oxygen atoms in total. The first kappa shape index (κ1) is 95.7. The zero-order valence-corrected chi connectivity index (χ0v) is 64.5. The molecule has 116 heavy (non-hydrogen) atoms. The number of amides is 14. The summed E-state index contributed by atoms with van der Waals surface area (Å²) in [7, 11) is 0.888. The van der Waals surface area contributed by atoms with Crippen LogP contribution in [-0.2, 0) is 102 Å². The van der Waals surface area contributed by atoms with Crippen LogP contribution >= 0.6 is 0 Å². The second-order valence-electron chi connectivity index (χ2n) is 27.7. The normalized spacial score (nSPS) is 21.2. The van der Waals surface area contributed by atoms with E-state index in [0.717, 1.165) is 59.9 Å². The molecule has 2 heterocycles. The van der Waals surface area contributed by atoms with Crippen LogP contribution < -0.4 is 81.0 Å². The molecule has 3 aromatic rings. The van der Waals surface area contributed by atoms with E-state index in [1.54, 1.807) is 30.5 Å². The molecule has 0 spiro atoms. The fourth-order valence-electron chi connectivity index (χ4n) is 12.0. The maximum atomic E-state index is 15.1. The lowest BCUT2D eigenvalue weighted by molar-refractivity contribution is -0.158. The first-order valence-corrected chi connectivity index (χ1v) is 37.2. The standard InChI is InChI=1S/C73H103N17O26/c1-6-7-8-9-10-11-12-23-54(94)81-45(26-39-32-77-43-21-16-14-18-40(39)43)67(109)84-46(28-53(76)93)68(110)86-49(31-60(103)104)69(111)89-62-38(4)116-73(115)50(27-52(92)41-19-13-15-20-42(41)75)87-71(113)61(36(2)25-57(97)98)88-70(112)51(35-91)82-55(95)33-78-64(106)47(29-58(99)100)83-63(105)37(3)79-66(108)48(30-59(101)102)85-65(107)44(22-17-24-74)80-56(96)34-90(5)72(62)114/h13-16,18-21,32,36-38,44-51,61-62,77,91H,6-12,17,22-31,33-35,74-75H2,1-5H3,(H2,76,93)(H,78,106)(H,79,108)(H,80,96)(H,81,94)(H,82,95)(H,83,105)(H,84,109)(H,85,107)(H,86,110)(H,87,113)(H,88,112)(H,89,111)(H,97,98)(H,99,100)(H,101,102)(H,103,104)/t36?,37-,38-,44+,45+,46-,47+,48+,49+,50+,51-,61+,62+/m1/s1. The van der Waals surface area contributed by atoms with Gasteiger partial charge in [0.05, 0.1) is 51.8 Å². The molecule has 1 aliphatic heterocycles. The van der Waals surface area contributed by atoms with Crippen molar-refractivity contribution >= 4 is 135 Å². The van der Waals surface area contributed by atoms with Gasteiger partial charge in [0.1, 0.15) is 72.6 Å². The summed E-state index contributed by atoms with van der Waals surface area (Å²) in [5.41, 5.74) is 18.1. The summed E-state index contributed by atoms with van der Waals surface area (Å²) in [4.78, 5) is 278. The van der Waals surface area contributed by atoms with E-state index in [9.17, 15) is 117 Å². The fourth-order valence-corrected chi connectivity index (χ4v) is 12.0. The van der Waals surface area contributed by atoms with E-state index in [-0.39, 0.29) is 43.5 Å². The molecule has 1 aliphatic rings. The molecule has 2 aromatic carbocycles. The number of nitrogens with one attached hydrogen (secondary N) is 13. The van der Waals surface area contributed by atoms with Gasteiger partial charge in [-0.25, -0.2) is 4.79 Å². The Bertz CT molecular complexity index is 4080. The minimum absolute atomic E-state index is 0.0183. The number of nitrogen functional groups attached to an aromatic ring is 1. The third-order valence-corrected chi connectivity index (χ3v) is 18.2. The van der Waals surface area contributed by atoms with Crippen molar-refractivity contribution in [2.45, 2.75) is 209 Å². The quantitative estimate of drug-likeness (QED) is 0.0113. The third kappa shape index (κ3) is 32.1. The van der Waals surface area contributed by atoms with Gasteiger partial charge in [-0.1, -0.05) is 82.7 Å². The van der Waals surface area contributed by atoms with Gasteiger partial charge in [0.25, 0.3) is 0 Å². The Morgan fingerprint density at radius 3 is 1.76 bits per heavy atom. The Labute approximate surface area is 664 Å². The minimum atomic E-state index is -2.43. The number of H-pyrrole nitrogens is 1. The molecule has 0 aliphatic carbocycles. The number of hydrogen-bond donors (Lipinski definition) is 21. The van der Waals surface area contributed by atoms with Gasteiger partial charge in [0, 0.05) is 54.7 Å². The summed E-state index contributed by atoms with van der Waals surface area (Å²) in [5.74, 6) is -29.6. The lowest BCUT2D eigenvalue weighted by Crippen LogP contribution is -2.62. The van der Waals surface area contributed by atoms with Crippen LogP contribution in [0.25, 0.3) is 10.9 Å². The van der Waals surface area contributed by atoms with Crippen LogP contribution in [0, 0.1) is 5.92 Å². The molecule has 14 amide bonds. The summed E-state index contributed by atoms with van der Waals surface area (Å²) in [5, 5.41) is 76.9. The van der Waals surface area contributed by atoms with Gasteiger partial charge < -0.3 is 121 Å². The second kappa shape index (κ2) is 47.7. The van der Waals surface area contributed by atoms with Gasteiger partial charge in [0.2, 0.25) is 82.7 Å². The van der Waals surface area contributed by atoms with Crippen LogP contribution in [0.5, 0.6) is 0 Å². The maximum Gasteiger partial charge on any atom is 0.329 e. The van der Waals surface area contributed by atoms with Crippen LogP contribution in [0.15, 0.2) is 54.7 Å². The Morgan fingerprint density at radius 2 is 1.15 bits per heavy atom. The van der Waals surface area contributed by atoms with E-state index in [0.29, 0.717) is 34.2 Å². The number of para-hydroxylation sites is 2. The van der Waals surface area contributed by atoms with E-state index < -0.39 is 255 Å². The number of primary amides is 1. The highest BCUT2D eigenvalue weighted by Gasteiger charge is 2.42. The van der Waals surface area contributed by atoms with Gasteiger partial charge in [-0.2, -0.15) is 0 Å². The molecular weight excluding hydrogens is 1530 g/mol. The second-order valence-corrected chi connectivity index (χ2v) is 27.7. The average Bonchev–Trinajstić information content (AvgIpc) is 1.78. The first-order chi connectivity index (χ1) is 54.8. The van der Waals surface area contributed by atoms with Crippen LogP contribution in [-0.4, -0.2) is 260 Å². The number of nitrogens with zero attached hydrogens (tertiary/aromatic N) is 1. The third-order valence-electron chi connectivity index (χ3n) is 18.2. The van der Waals surface area contributed by atoms with Gasteiger partial charge >= 0.3 is 29.8 Å². The van der Waals surface area contributed by atoms with Gasteiger partial charge in [-0.15, -0.1) is 0 Å². The van der Waals surface area contributed by atoms with Crippen LogP contribution in [0.1, 0.15) is 146 Å². The largest absolute Gasteiger partial charge is 0.481 e. The molecule has 13 atom stereocenters. The number of nitrogens with two attached hydrogens (primary N) is 3. The number of anilines is 1. The number of aliphatic hydroxyl groups is 1. The van der Waals surface area contributed by atoms with Crippen molar-refractivity contribution in [1.29, 1.82) is 0 Å². The predicted molar refractivity (Wildman–Crippen MR) is 405 cm³/mol. The lowest BCUT2D eigenvalue weighted by atomic mass is 9.96. The van der Waals surface area contributed by atoms with Gasteiger partial charge in [-0.3, -0.25) is 91.1 Å². The number of fused-ring (bicyclic) bond motifs is 1. The molecule has 636 valence electrons. The molecule has 1 unspecified atom stereocenters. The number of carboxylic acids is 4. The number of Topliss-reactive ketones (excluding diaryl/α,β-unsaturated/α-hetero) is 1. The Kier molecular flexibility index (Phi) is 39.4. The van der Waals surface area contributed by atoms with Crippen LogP contribution in [0.4, 0.5) is 5.69 Å².